The number of fused-ring (bicyclic) bond motifs is 1. The summed E-state index contributed by atoms with van der Waals surface area (Å²) in [7, 11) is 17.7. The number of aliphatic hydroxyl groups excluding tert-OH is 2. The van der Waals surface area contributed by atoms with Gasteiger partial charge in [-0.15, -0.1) is 0 Å². The Bertz CT molecular complexity index is 1010. The van der Waals surface area contributed by atoms with E-state index in [9.17, 15) is 20.3 Å². The highest BCUT2D eigenvalue weighted by atomic mass is 16.6. The second-order valence-corrected chi connectivity index (χ2v) is 7.14. The van der Waals surface area contributed by atoms with Gasteiger partial charge in [0.2, 0.25) is 5.60 Å². The average Bonchev–Trinajstić information content (AvgIpc) is 3.12. The molecule has 0 aromatic carbocycles. The molecule has 6 radical (unpaired) electrons. The van der Waals surface area contributed by atoms with Crippen molar-refractivity contribution < 1.29 is 24.5 Å². The van der Waals surface area contributed by atoms with Gasteiger partial charge < -0.3 is 25.4 Å². The lowest BCUT2D eigenvalue weighted by Gasteiger charge is -2.35. The van der Waals surface area contributed by atoms with Gasteiger partial charge in [-0.3, -0.25) is 4.79 Å². The number of nitrogens with two attached hydrogens (primary N) is 1. The maximum absolute atomic E-state index is 11.9. The van der Waals surface area contributed by atoms with Crippen molar-refractivity contribution in [2.24, 2.45) is 5.92 Å². The minimum absolute atomic E-state index is 0.0271. The number of rotatable bonds is 4. The van der Waals surface area contributed by atoms with Crippen LogP contribution >= 0.6 is 0 Å². The second kappa shape index (κ2) is 7.05. The van der Waals surface area contributed by atoms with Gasteiger partial charge in [0.05, 0.1) is 17.0 Å². The van der Waals surface area contributed by atoms with Crippen LogP contribution < -0.4 is 11.2 Å². The minimum atomic E-state index is -2.34. The Labute approximate surface area is 170 Å². The number of carbonyl (C=O) groups is 1. The molecule has 0 aliphatic carbocycles. The number of carbonyl (C=O) groups excluding carboxylic acids is 1. The molecule has 13 heteroatoms. The van der Waals surface area contributed by atoms with Crippen molar-refractivity contribution in [1.29, 1.82) is 5.26 Å². The molecule has 0 bridgehead atoms. The van der Waals surface area contributed by atoms with Crippen LogP contribution in [-0.2, 0) is 19.9 Å². The lowest BCUT2D eigenvalue weighted by Crippen LogP contribution is -2.53. The number of nitrogen functional groups attached to an aromatic ring is 1. The van der Waals surface area contributed by atoms with Gasteiger partial charge in [-0.1, -0.05) is 19.3 Å². The largest absolute Gasteiger partial charge is 0.477 e. The Hall–Kier alpha value is -2.55. The summed E-state index contributed by atoms with van der Waals surface area (Å²) in [6.07, 6.45) is -4.15. The number of esters is 1. The van der Waals surface area contributed by atoms with Gasteiger partial charge in [-0.05, 0) is 6.07 Å². The topological polar surface area (TPSA) is 156 Å². The molecule has 1 unspecified atom stereocenters. The molecule has 4 N–H and O–H groups in total. The predicted molar refractivity (Wildman–Crippen MR) is 102 cm³/mol. The lowest BCUT2D eigenvalue weighted by molar-refractivity contribution is -0.163. The smallest absolute Gasteiger partial charge is 0.307 e. The van der Waals surface area contributed by atoms with Crippen molar-refractivity contribution in [3.8, 4) is 6.07 Å². The number of aliphatic hydroxyl groups is 2. The second-order valence-electron chi connectivity index (χ2n) is 7.14. The van der Waals surface area contributed by atoms with Crippen LogP contribution in [0.1, 0.15) is 19.5 Å². The summed E-state index contributed by atoms with van der Waals surface area (Å²) >= 11 is 0. The van der Waals surface area contributed by atoms with Gasteiger partial charge in [0, 0.05) is 0 Å². The average molecular weight is 391 g/mol. The lowest BCUT2D eigenvalue weighted by atomic mass is 9.60. The molecule has 29 heavy (non-hydrogen) atoms. The van der Waals surface area contributed by atoms with E-state index in [4.69, 9.17) is 38.7 Å². The molecule has 4 atom stereocenters. The molecule has 1 saturated heterocycles. The van der Waals surface area contributed by atoms with Crippen molar-refractivity contribution in [1.82, 2.24) is 14.6 Å². The zero-order chi connectivity index (χ0) is 21.7. The number of nitrogens with zero attached hydrogens (tertiary/aromatic N) is 4. The predicted octanol–water partition coefficient (Wildman–Crippen LogP) is -2.87. The monoisotopic (exact) mass is 391 g/mol. The molecular weight excluding hydrogens is 375 g/mol. The zero-order valence-corrected chi connectivity index (χ0v) is 15.7. The number of nitriles is 1. The van der Waals surface area contributed by atoms with Crippen LogP contribution in [0.4, 0.5) is 5.82 Å². The van der Waals surface area contributed by atoms with E-state index in [2.05, 4.69) is 10.1 Å². The standard InChI is InChI=1S/C16H16B3N5O5/c1-6(2)14(27)29-16(18,19)12-10(25)11(26)15(4-20,28-12)8-3-7(17)9-13(21)22-5-23-24(8)9/h3,5-6,10-12,25-26H,1-2H3,(H2,21,22,23)/t10-,11+,12?,15-/m0/s1. The molecule has 2 aromatic heterocycles. The normalized spacial score (nSPS) is 27.2. The molecule has 2 aromatic rings. The summed E-state index contributed by atoms with van der Waals surface area (Å²) in [6.45, 7) is 3.11. The summed E-state index contributed by atoms with van der Waals surface area (Å²) in [5.74, 6) is -1.30. The van der Waals surface area contributed by atoms with E-state index in [1.54, 1.807) is 13.8 Å². The minimum Gasteiger partial charge on any atom is -0.477 e. The van der Waals surface area contributed by atoms with Crippen LogP contribution in [0.3, 0.4) is 0 Å². The Morgan fingerprint density at radius 2 is 2.17 bits per heavy atom. The third kappa shape index (κ3) is 3.17. The van der Waals surface area contributed by atoms with Gasteiger partial charge in [0.25, 0.3) is 0 Å². The summed E-state index contributed by atoms with van der Waals surface area (Å²) < 4.78 is 11.8. The van der Waals surface area contributed by atoms with Crippen molar-refractivity contribution in [3.63, 3.8) is 0 Å². The van der Waals surface area contributed by atoms with E-state index >= 15 is 0 Å². The van der Waals surface area contributed by atoms with E-state index in [1.807, 2.05) is 6.07 Å². The molecule has 10 nitrogen and oxygen atoms in total. The van der Waals surface area contributed by atoms with Crippen LogP contribution in [0.2, 0.25) is 0 Å². The molecule has 0 spiro atoms. The van der Waals surface area contributed by atoms with E-state index in [-0.39, 0.29) is 22.5 Å². The van der Waals surface area contributed by atoms with Crippen LogP contribution in [0.25, 0.3) is 5.52 Å². The van der Waals surface area contributed by atoms with Crippen molar-refractivity contribution in [2.75, 3.05) is 5.73 Å². The highest BCUT2D eigenvalue weighted by Gasteiger charge is 2.61. The van der Waals surface area contributed by atoms with Gasteiger partial charge in [-0.25, -0.2) is 9.50 Å². The van der Waals surface area contributed by atoms with E-state index in [0.29, 0.717) is 0 Å². The highest BCUT2D eigenvalue weighted by Crippen LogP contribution is 2.42. The molecule has 0 amide bonds. The SMILES string of the molecule is [B]c1cc([C@]2(C#N)OC(C([B])([B])OC(=O)C(C)C)[C@@H](O)[C@H]2O)n2ncnc(N)c12. The van der Waals surface area contributed by atoms with Crippen molar-refractivity contribution >= 4 is 46.3 Å². The Kier molecular flexibility index (Phi) is 5.15. The molecule has 1 aliphatic rings. The molecule has 0 saturated carbocycles. The number of aromatic nitrogens is 3. The maximum atomic E-state index is 11.9. The first-order valence-corrected chi connectivity index (χ1v) is 8.60. The van der Waals surface area contributed by atoms with Crippen LogP contribution in [0.5, 0.6) is 0 Å². The fourth-order valence-corrected chi connectivity index (χ4v) is 3.18. The summed E-state index contributed by atoms with van der Waals surface area (Å²) in [5.41, 5.74) is 3.87. The molecule has 1 fully saturated rings. The summed E-state index contributed by atoms with van der Waals surface area (Å²) in [6, 6.07) is 3.12. The van der Waals surface area contributed by atoms with Gasteiger partial charge >= 0.3 is 5.97 Å². The first-order valence-electron chi connectivity index (χ1n) is 8.60. The molecule has 3 rings (SSSR count). The van der Waals surface area contributed by atoms with Crippen LogP contribution in [-0.4, -0.2) is 78.0 Å². The highest BCUT2D eigenvalue weighted by molar-refractivity contribution is 6.40. The quantitative estimate of drug-likeness (QED) is 0.369. The van der Waals surface area contributed by atoms with Crippen LogP contribution in [0, 0.1) is 17.2 Å². The van der Waals surface area contributed by atoms with E-state index < -0.39 is 41.2 Å². The molecule has 3 heterocycles. The Balaban J connectivity index is 2.09. The van der Waals surface area contributed by atoms with Crippen molar-refractivity contribution in [2.45, 2.75) is 43.2 Å². The summed E-state index contributed by atoms with van der Waals surface area (Å²) in [5, 5.41) is 32.8. The maximum Gasteiger partial charge on any atom is 0.307 e. The molecule has 1 aliphatic heterocycles. The van der Waals surface area contributed by atoms with Gasteiger partial charge in [0.1, 0.15) is 59.8 Å². The first kappa shape index (κ1) is 21.2. The zero-order valence-electron chi connectivity index (χ0n) is 15.7. The van der Waals surface area contributed by atoms with E-state index in [0.717, 1.165) is 10.8 Å². The van der Waals surface area contributed by atoms with Gasteiger partial charge in [0.15, 0.2) is 5.82 Å². The molecule has 144 valence electrons. The number of anilines is 1. The van der Waals surface area contributed by atoms with Crippen molar-refractivity contribution in [3.05, 3.63) is 18.1 Å². The molecular formula is C16H16B3N5O5. The fraction of sp³-hybridized carbons (Fsp3) is 0.500. The first-order chi connectivity index (χ1) is 13.5. The Morgan fingerprint density at radius 1 is 1.52 bits per heavy atom. The van der Waals surface area contributed by atoms with Gasteiger partial charge in [-0.2, -0.15) is 10.4 Å². The third-order valence-corrected chi connectivity index (χ3v) is 4.72. The Morgan fingerprint density at radius 3 is 2.76 bits per heavy atom. The van der Waals surface area contributed by atoms with Crippen LogP contribution in [0.15, 0.2) is 12.4 Å². The fourth-order valence-electron chi connectivity index (χ4n) is 3.18. The number of hydrogen-bond donors (Lipinski definition) is 3. The third-order valence-electron chi connectivity index (χ3n) is 4.72. The summed E-state index contributed by atoms with van der Waals surface area (Å²) in [4.78, 5) is 15.7. The number of ether oxygens (including phenoxy) is 2. The number of hydrogen-bond acceptors (Lipinski definition) is 9. The van der Waals surface area contributed by atoms with E-state index in [1.165, 1.54) is 6.07 Å².